The first-order valence-corrected chi connectivity index (χ1v) is 2.88. The van der Waals surface area contributed by atoms with E-state index < -0.39 is 19.1 Å². The van der Waals surface area contributed by atoms with Crippen LogP contribution in [0.25, 0.3) is 0 Å². The van der Waals surface area contributed by atoms with E-state index in [1.807, 2.05) is 0 Å². The zero-order chi connectivity index (χ0) is 3.41. The summed E-state index contributed by atoms with van der Waals surface area (Å²) in [6, 6.07) is 0. The van der Waals surface area contributed by atoms with Crippen molar-refractivity contribution in [3.63, 3.8) is 0 Å². The Labute approximate surface area is 33.9 Å². The van der Waals surface area contributed by atoms with E-state index in [1.165, 1.54) is 4.47 Å². The van der Waals surface area contributed by atoms with Gasteiger partial charge in [-0.25, -0.2) is 0 Å². The van der Waals surface area contributed by atoms with Crippen LogP contribution in [0.3, 0.4) is 0 Å². The van der Waals surface area contributed by atoms with Gasteiger partial charge in [0.05, 0.1) is 0 Å². The first kappa shape index (κ1) is 4.36. The molecular formula is C2H3FPt. The third-order valence-electron chi connectivity index (χ3n) is 0.0488. The predicted molar refractivity (Wildman–Crippen MR) is 11.3 cm³/mol. The third kappa shape index (κ3) is 2.36. The fourth-order valence-corrected chi connectivity index (χ4v) is 0. The molecule has 0 nitrogen and oxygen atoms in total. The summed E-state index contributed by atoms with van der Waals surface area (Å²) in [7, 11) is 0. The zero-order valence-electron chi connectivity index (χ0n) is 1.98. The van der Waals surface area contributed by atoms with Crippen molar-refractivity contribution in [1.29, 1.82) is 0 Å². The van der Waals surface area contributed by atoms with Gasteiger partial charge in [0.1, 0.15) is 0 Å². The van der Waals surface area contributed by atoms with E-state index in [1.54, 1.807) is 0 Å². The molecule has 0 rings (SSSR count). The molecule has 0 saturated heterocycles. The number of hydrogen-bond acceptors (Lipinski definition) is 0. The van der Waals surface area contributed by atoms with Crippen LogP contribution in [0.2, 0.25) is 0 Å². The predicted octanol–water partition coefficient (Wildman–Crippen LogP) is 1.10. The van der Waals surface area contributed by atoms with Crippen molar-refractivity contribution < 1.29 is 22.2 Å². The van der Waals surface area contributed by atoms with Crippen molar-refractivity contribution in [2.45, 2.75) is 0 Å². The maximum absolute atomic E-state index is 10.7. The molecule has 0 aromatic rings. The number of halogens is 1. The van der Waals surface area contributed by atoms with E-state index in [0.717, 1.165) is 0 Å². The van der Waals surface area contributed by atoms with Gasteiger partial charge in [-0.3, -0.25) is 0 Å². The topological polar surface area (TPSA) is 0 Å². The van der Waals surface area contributed by atoms with Gasteiger partial charge in [0.25, 0.3) is 0 Å². The Bertz CT molecular complexity index is 20.0. The Morgan fingerprint density at radius 3 is 2.25 bits per heavy atom. The van der Waals surface area contributed by atoms with Crippen LogP contribution in [0.1, 0.15) is 0 Å². The monoisotopic (exact) mass is 241 g/mol. The van der Waals surface area contributed by atoms with Crippen LogP contribution < -0.4 is 0 Å². The van der Waals surface area contributed by atoms with E-state index in [0.29, 0.717) is 0 Å². The standard InChI is InChI=1S/C2H3.FH.Pt/c1-2;;/h1H,2H2;1H;/q;;+1/p-1. The molecule has 2 heteroatoms. The van der Waals surface area contributed by atoms with Crippen molar-refractivity contribution in [2.24, 2.45) is 0 Å². The van der Waals surface area contributed by atoms with Gasteiger partial charge in [0.15, 0.2) is 0 Å². The molecule has 0 aliphatic heterocycles. The van der Waals surface area contributed by atoms with Gasteiger partial charge in [-0.1, -0.05) is 0 Å². The summed E-state index contributed by atoms with van der Waals surface area (Å²) in [4.78, 5) is 0. The SMILES string of the molecule is C=[CH][Pt][F]. The van der Waals surface area contributed by atoms with E-state index in [4.69, 9.17) is 0 Å². The fraction of sp³-hybridized carbons (Fsp3) is 0. The summed E-state index contributed by atoms with van der Waals surface area (Å²) in [5.74, 6) is 0. The van der Waals surface area contributed by atoms with Gasteiger partial charge < -0.3 is 0 Å². The van der Waals surface area contributed by atoms with Crippen molar-refractivity contribution >= 4 is 0 Å². The van der Waals surface area contributed by atoms with Crippen LogP contribution in [-0.2, 0) is 19.1 Å². The Balaban J connectivity index is 2.30. The summed E-state index contributed by atoms with van der Waals surface area (Å²) in [6.07, 6.45) is 0. The molecule has 0 aliphatic carbocycles. The molecule has 0 fully saturated rings. The molecule has 0 spiro atoms. The molecule has 0 heterocycles. The van der Waals surface area contributed by atoms with Gasteiger partial charge >= 0.3 is 33.3 Å². The molecule has 0 radical (unpaired) electrons. The Kier molecular flexibility index (Phi) is 3.66. The van der Waals surface area contributed by atoms with Gasteiger partial charge in [0, 0.05) is 0 Å². The van der Waals surface area contributed by atoms with Gasteiger partial charge in [-0.15, -0.1) is 0 Å². The summed E-state index contributed by atoms with van der Waals surface area (Å²) < 4.78 is 12.0. The molecule has 0 atom stereocenters. The van der Waals surface area contributed by atoms with Crippen LogP contribution >= 0.6 is 0 Å². The summed E-state index contributed by atoms with van der Waals surface area (Å²) in [6.45, 7) is 3.15. The van der Waals surface area contributed by atoms with Crippen molar-refractivity contribution in [2.75, 3.05) is 0 Å². The molecule has 0 unspecified atom stereocenters. The van der Waals surface area contributed by atoms with Crippen molar-refractivity contribution in [3.8, 4) is 0 Å². The molecule has 0 amide bonds. The van der Waals surface area contributed by atoms with E-state index >= 15 is 0 Å². The molecule has 4 heavy (non-hydrogen) atoms. The average Bonchev–Trinajstić information content (AvgIpc) is 1.37. The third-order valence-corrected chi connectivity index (χ3v) is 0.399. The molecule has 0 bridgehead atoms. The van der Waals surface area contributed by atoms with Gasteiger partial charge in [-0.05, 0) is 0 Å². The average molecular weight is 241 g/mol. The number of hydrogen-bond donors (Lipinski definition) is 0. The molecule has 0 saturated carbocycles. The maximum atomic E-state index is 10.7. The summed E-state index contributed by atoms with van der Waals surface area (Å²) in [5, 5.41) is 0. The normalized spacial score (nSPS) is 7.25. The minimum absolute atomic E-state index is 1.13. The van der Waals surface area contributed by atoms with Crippen LogP contribution in [0.5, 0.6) is 0 Å². The first-order chi connectivity index (χ1) is 1.91. The summed E-state index contributed by atoms with van der Waals surface area (Å²) >= 11 is -1.13. The van der Waals surface area contributed by atoms with Gasteiger partial charge in [0.2, 0.25) is 0 Å². The molecule has 0 N–H and O–H groups in total. The molecule has 28 valence electrons. The first-order valence-electron chi connectivity index (χ1n) is 0.710. The summed E-state index contributed by atoms with van der Waals surface area (Å²) in [5.41, 5.74) is 0. The van der Waals surface area contributed by atoms with E-state index in [-0.39, 0.29) is 0 Å². The molecule has 0 aliphatic rings. The number of rotatable bonds is 1. The zero-order valence-corrected chi connectivity index (χ0v) is 4.25. The Hall–Kier alpha value is 0.358. The second kappa shape index (κ2) is 3.36. The van der Waals surface area contributed by atoms with Crippen LogP contribution in [0.15, 0.2) is 11.0 Å². The van der Waals surface area contributed by atoms with Gasteiger partial charge in [-0.2, -0.15) is 0 Å². The Morgan fingerprint density at radius 1 is 2.00 bits per heavy atom. The van der Waals surface area contributed by atoms with E-state index in [2.05, 4.69) is 6.58 Å². The van der Waals surface area contributed by atoms with Crippen molar-refractivity contribution in [3.05, 3.63) is 11.0 Å². The van der Waals surface area contributed by atoms with Crippen molar-refractivity contribution in [1.82, 2.24) is 0 Å². The Morgan fingerprint density at radius 2 is 2.25 bits per heavy atom. The van der Waals surface area contributed by atoms with Crippen LogP contribution in [0.4, 0.5) is 3.16 Å². The van der Waals surface area contributed by atoms with E-state index in [9.17, 15) is 3.16 Å². The second-order valence-corrected chi connectivity index (χ2v) is 1.62. The van der Waals surface area contributed by atoms with Crippen LogP contribution in [0, 0.1) is 0 Å². The molecule has 0 aromatic carbocycles. The quantitative estimate of drug-likeness (QED) is 0.644. The second-order valence-electron chi connectivity index (χ2n) is 0.198. The molecular weight excluding hydrogens is 238 g/mol. The van der Waals surface area contributed by atoms with Crippen LogP contribution in [-0.4, -0.2) is 0 Å². The minimum atomic E-state index is -1.13. The molecule has 0 aromatic heterocycles. The fourth-order valence-electron chi connectivity index (χ4n) is 0.